The Morgan fingerprint density at radius 3 is 2.42 bits per heavy atom. The molecule has 1 amide bonds. The molecule has 0 bridgehead atoms. The standard InChI is InChI=1S/C26H30N6O/c1-18(2)29-12-14-30(15-13-29)25(33)23-16-22-24(32(23)26-27-10-5-11-28-26)20-6-3-4-7-21(20)31(22)17-19-8-9-19/h3-7,10-11,16,18-19H,8-9,12-15,17H2,1-2H3. The lowest BCUT2D eigenvalue weighted by molar-refractivity contribution is 0.0588. The summed E-state index contributed by atoms with van der Waals surface area (Å²) in [7, 11) is 0. The molecule has 4 heterocycles. The van der Waals surface area contributed by atoms with E-state index in [1.807, 2.05) is 15.5 Å². The molecule has 0 radical (unpaired) electrons. The third-order valence-corrected chi connectivity index (χ3v) is 7.16. The Morgan fingerprint density at radius 1 is 1.00 bits per heavy atom. The van der Waals surface area contributed by atoms with Crippen LogP contribution in [0.25, 0.3) is 27.9 Å². The minimum atomic E-state index is 0.0594. The van der Waals surface area contributed by atoms with Crippen LogP contribution in [0.2, 0.25) is 0 Å². The second-order valence-electron chi connectivity index (χ2n) is 9.64. The predicted molar refractivity (Wildman–Crippen MR) is 130 cm³/mol. The number of benzene rings is 1. The fourth-order valence-electron chi connectivity index (χ4n) is 5.13. The Labute approximate surface area is 193 Å². The van der Waals surface area contributed by atoms with Gasteiger partial charge in [0.25, 0.3) is 5.91 Å². The summed E-state index contributed by atoms with van der Waals surface area (Å²) in [5, 5.41) is 1.14. The van der Waals surface area contributed by atoms with Crippen molar-refractivity contribution in [2.75, 3.05) is 26.2 Å². The maximum atomic E-state index is 13.8. The molecule has 1 saturated heterocycles. The zero-order valence-corrected chi connectivity index (χ0v) is 19.3. The number of para-hydroxylation sites is 1. The van der Waals surface area contributed by atoms with Crippen molar-refractivity contribution < 1.29 is 4.79 Å². The van der Waals surface area contributed by atoms with Crippen LogP contribution in [-0.4, -0.2) is 67.0 Å². The third kappa shape index (κ3) is 3.51. The minimum absolute atomic E-state index is 0.0594. The third-order valence-electron chi connectivity index (χ3n) is 7.16. The van der Waals surface area contributed by atoms with Gasteiger partial charge < -0.3 is 9.47 Å². The molecular weight excluding hydrogens is 412 g/mol. The molecule has 2 fully saturated rings. The number of rotatable bonds is 5. The van der Waals surface area contributed by atoms with E-state index in [0.717, 1.165) is 55.1 Å². The summed E-state index contributed by atoms with van der Waals surface area (Å²) >= 11 is 0. The molecule has 170 valence electrons. The van der Waals surface area contributed by atoms with Gasteiger partial charge in [-0.2, -0.15) is 0 Å². The summed E-state index contributed by atoms with van der Waals surface area (Å²) in [6, 6.07) is 12.9. The average Bonchev–Trinajstić information content (AvgIpc) is 3.52. The van der Waals surface area contributed by atoms with Gasteiger partial charge in [0.1, 0.15) is 5.69 Å². The second-order valence-corrected chi connectivity index (χ2v) is 9.64. The van der Waals surface area contributed by atoms with Gasteiger partial charge >= 0.3 is 0 Å². The Kier molecular flexibility index (Phi) is 4.94. The van der Waals surface area contributed by atoms with Gasteiger partial charge in [-0.1, -0.05) is 18.2 Å². The highest BCUT2D eigenvalue weighted by molar-refractivity contribution is 6.11. The largest absolute Gasteiger partial charge is 0.339 e. The van der Waals surface area contributed by atoms with Gasteiger partial charge in [-0.05, 0) is 50.8 Å². The number of fused-ring (bicyclic) bond motifs is 3. The van der Waals surface area contributed by atoms with Crippen LogP contribution in [0.4, 0.5) is 0 Å². The summed E-state index contributed by atoms with van der Waals surface area (Å²) in [4.78, 5) is 27.4. The van der Waals surface area contributed by atoms with Crippen LogP contribution in [0, 0.1) is 5.92 Å². The van der Waals surface area contributed by atoms with Gasteiger partial charge in [-0.3, -0.25) is 14.3 Å². The first kappa shape index (κ1) is 20.4. The fraction of sp³-hybridized carbons (Fsp3) is 0.423. The molecule has 7 heteroatoms. The van der Waals surface area contributed by atoms with E-state index < -0.39 is 0 Å². The van der Waals surface area contributed by atoms with Gasteiger partial charge in [0.2, 0.25) is 5.95 Å². The summed E-state index contributed by atoms with van der Waals surface area (Å²) in [5.74, 6) is 1.33. The Hall–Kier alpha value is -3.19. The SMILES string of the molecule is CC(C)N1CCN(C(=O)c2cc3c(c4ccccc4n3CC3CC3)n2-c2ncccn2)CC1. The van der Waals surface area contributed by atoms with E-state index in [4.69, 9.17) is 0 Å². The predicted octanol–water partition coefficient (Wildman–Crippen LogP) is 3.95. The number of nitrogens with zero attached hydrogens (tertiary/aromatic N) is 6. The van der Waals surface area contributed by atoms with Gasteiger partial charge in [0.15, 0.2) is 0 Å². The molecule has 3 aromatic heterocycles. The van der Waals surface area contributed by atoms with Crippen LogP contribution in [0.5, 0.6) is 0 Å². The molecule has 0 unspecified atom stereocenters. The monoisotopic (exact) mass is 442 g/mol. The molecule has 1 aliphatic carbocycles. The second kappa shape index (κ2) is 7.99. The van der Waals surface area contributed by atoms with Gasteiger partial charge in [0.05, 0.1) is 16.6 Å². The molecule has 6 rings (SSSR count). The van der Waals surface area contributed by atoms with Crippen molar-refractivity contribution in [1.82, 2.24) is 28.9 Å². The van der Waals surface area contributed by atoms with E-state index in [0.29, 0.717) is 17.7 Å². The highest BCUT2D eigenvalue weighted by Crippen LogP contribution is 2.38. The first-order chi connectivity index (χ1) is 16.1. The van der Waals surface area contributed by atoms with Crippen molar-refractivity contribution in [3.8, 4) is 5.95 Å². The highest BCUT2D eigenvalue weighted by Gasteiger charge is 2.30. The summed E-state index contributed by atoms with van der Waals surface area (Å²) in [5.41, 5.74) is 3.99. The van der Waals surface area contributed by atoms with Crippen molar-refractivity contribution in [2.45, 2.75) is 39.3 Å². The van der Waals surface area contributed by atoms with Crippen molar-refractivity contribution in [2.24, 2.45) is 5.92 Å². The molecule has 7 nitrogen and oxygen atoms in total. The molecule has 1 aliphatic heterocycles. The van der Waals surface area contributed by atoms with E-state index in [-0.39, 0.29) is 5.91 Å². The van der Waals surface area contributed by atoms with E-state index >= 15 is 0 Å². The fourth-order valence-corrected chi connectivity index (χ4v) is 5.13. The molecule has 33 heavy (non-hydrogen) atoms. The maximum Gasteiger partial charge on any atom is 0.271 e. The number of amides is 1. The van der Waals surface area contributed by atoms with E-state index in [9.17, 15) is 4.79 Å². The lowest BCUT2D eigenvalue weighted by Crippen LogP contribution is -2.51. The van der Waals surface area contributed by atoms with E-state index in [2.05, 4.69) is 63.6 Å². The zero-order chi connectivity index (χ0) is 22.5. The van der Waals surface area contributed by atoms with Gasteiger partial charge in [-0.25, -0.2) is 9.97 Å². The lowest BCUT2D eigenvalue weighted by Gasteiger charge is -2.36. The molecule has 4 aromatic rings. The molecule has 2 aliphatic rings. The number of carbonyl (C=O) groups is 1. The van der Waals surface area contributed by atoms with Crippen LogP contribution in [0.1, 0.15) is 37.2 Å². The molecule has 1 saturated carbocycles. The van der Waals surface area contributed by atoms with Crippen molar-refractivity contribution >= 4 is 27.8 Å². The summed E-state index contributed by atoms with van der Waals surface area (Å²) in [6.07, 6.45) is 6.05. The lowest BCUT2D eigenvalue weighted by atomic mass is 10.2. The maximum absolute atomic E-state index is 13.8. The van der Waals surface area contributed by atoms with Crippen LogP contribution in [0.15, 0.2) is 48.8 Å². The van der Waals surface area contributed by atoms with E-state index in [1.165, 1.54) is 18.4 Å². The van der Waals surface area contributed by atoms with Crippen LogP contribution in [0.3, 0.4) is 0 Å². The van der Waals surface area contributed by atoms with Crippen LogP contribution >= 0.6 is 0 Å². The van der Waals surface area contributed by atoms with E-state index in [1.54, 1.807) is 12.4 Å². The van der Waals surface area contributed by atoms with Gasteiger partial charge in [0, 0.05) is 56.5 Å². The Morgan fingerprint density at radius 2 is 1.73 bits per heavy atom. The van der Waals surface area contributed by atoms with Crippen LogP contribution < -0.4 is 0 Å². The number of piperazine rings is 1. The molecule has 0 atom stereocenters. The van der Waals surface area contributed by atoms with Crippen molar-refractivity contribution in [3.05, 3.63) is 54.5 Å². The molecular formula is C26H30N6O. The Bertz CT molecular complexity index is 1310. The normalized spacial score (nSPS) is 17.5. The van der Waals surface area contributed by atoms with Crippen LogP contribution in [-0.2, 0) is 6.54 Å². The smallest absolute Gasteiger partial charge is 0.271 e. The van der Waals surface area contributed by atoms with Gasteiger partial charge in [-0.15, -0.1) is 0 Å². The minimum Gasteiger partial charge on any atom is -0.339 e. The van der Waals surface area contributed by atoms with Crippen molar-refractivity contribution in [1.29, 1.82) is 0 Å². The quantitative estimate of drug-likeness (QED) is 0.470. The molecule has 0 N–H and O–H groups in total. The topological polar surface area (TPSA) is 59.2 Å². The molecule has 0 spiro atoms. The number of aromatic nitrogens is 4. The first-order valence-electron chi connectivity index (χ1n) is 12.0. The zero-order valence-electron chi connectivity index (χ0n) is 19.3. The van der Waals surface area contributed by atoms with Crippen molar-refractivity contribution in [3.63, 3.8) is 0 Å². The first-order valence-corrected chi connectivity index (χ1v) is 12.0. The number of hydrogen-bond donors (Lipinski definition) is 0. The molecule has 1 aromatic carbocycles. The summed E-state index contributed by atoms with van der Waals surface area (Å²) in [6.45, 7) is 8.71. The highest BCUT2D eigenvalue weighted by atomic mass is 16.2. The average molecular weight is 443 g/mol. The number of carbonyl (C=O) groups excluding carboxylic acids is 1. The Balaban J connectivity index is 1.51. The summed E-state index contributed by atoms with van der Waals surface area (Å²) < 4.78 is 4.38. The number of hydrogen-bond acceptors (Lipinski definition) is 4.